The van der Waals surface area contributed by atoms with Crippen molar-refractivity contribution in [3.8, 4) is 0 Å². The lowest BCUT2D eigenvalue weighted by molar-refractivity contribution is -0.121. The number of carbonyl (C=O) groups excluding carboxylic acids is 2. The maximum atomic E-state index is 12.8. The zero-order valence-electron chi connectivity index (χ0n) is 13.3. The van der Waals surface area contributed by atoms with Gasteiger partial charge in [0.15, 0.2) is 0 Å². The van der Waals surface area contributed by atoms with E-state index in [9.17, 15) is 19.5 Å². The fourth-order valence-corrected chi connectivity index (χ4v) is 4.42. The number of hydrogen-bond donors (Lipinski definition) is 1. The minimum atomic E-state index is -1.05. The van der Waals surface area contributed by atoms with E-state index in [1.54, 1.807) is 30.3 Å². The molecule has 5 nitrogen and oxygen atoms in total. The minimum Gasteiger partial charge on any atom is -0.478 e. The Morgan fingerprint density at radius 2 is 1.72 bits per heavy atom. The topological polar surface area (TPSA) is 74.7 Å². The fraction of sp³-hybridized carbons (Fsp3) is 0.167. The first-order valence-corrected chi connectivity index (χ1v) is 9.62. The van der Waals surface area contributed by atoms with Gasteiger partial charge in [0, 0.05) is 16.2 Å². The quantitative estimate of drug-likeness (QED) is 0.638. The summed E-state index contributed by atoms with van der Waals surface area (Å²) in [5, 5.41) is 8.66. The molecule has 2 aromatic rings. The predicted octanol–water partition coefficient (Wildman–Crippen LogP) is 3.53. The van der Waals surface area contributed by atoms with Crippen LogP contribution in [0.25, 0.3) is 0 Å². The summed E-state index contributed by atoms with van der Waals surface area (Å²) in [5.74, 6) is -1.63. The highest BCUT2D eigenvalue weighted by molar-refractivity contribution is 8.00. The Hall–Kier alpha value is -2.25. The standard InChI is InChI=1S/C18H15NO4S2/c1-24-14-9-5-3-7-12(14)19-16(20)10-15(17(19)21)25-13-8-4-2-6-11(13)18(22)23/h2-9,15H,10H2,1H3,(H,22,23)/t15-/m0/s1. The van der Waals surface area contributed by atoms with E-state index in [0.29, 0.717) is 10.6 Å². The van der Waals surface area contributed by atoms with Crippen molar-refractivity contribution in [2.24, 2.45) is 0 Å². The molecule has 0 unspecified atom stereocenters. The molecule has 2 aromatic carbocycles. The van der Waals surface area contributed by atoms with Crippen LogP contribution in [0.2, 0.25) is 0 Å². The molecule has 3 rings (SSSR count). The molecule has 25 heavy (non-hydrogen) atoms. The molecular weight excluding hydrogens is 358 g/mol. The average molecular weight is 373 g/mol. The summed E-state index contributed by atoms with van der Waals surface area (Å²) in [7, 11) is 0. The van der Waals surface area contributed by atoms with Crippen LogP contribution in [0.15, 0.2) is 58.3 Å². The van der Waals surface area contributed by atoms with E-state index in [4.69, 9.17) is 0 Å². The lowest BCUT2D eigenvalue weighted by Gasteiger charge is -2.18. The van der Waals surface area contributed by atoms with Crippen molar-refractivity contribution in [3.05, 3.63) is 54.1 Å². The Kier molecular flexibility index (Phi) is 5.15. The first kappa shape index (κ1) is 17.6. The van der Waals surface area contributed by atoms with Crippen LogP contribution < -0.4 is 4.90 Å². The molecule has 0 saturated carbocycles. The van der Waals surface area contributed by atoms with Crippen molar-refractivity contribution in [2.45, 2.75) is 21.5 Å². The van der Waals surface area contributed by atoms with Crippen molar-refractivity contribution >= 4 is 47.0 Å². The van der Waals surface area contributed by atoms with Crippen LogP contribution in [0.1, 0.15) is 16.8 Å². The molecule has 1 saturated heterocycles. The maximum Gasteiger partial charge on any atom is 0.336 e. The summed E-state index contributed by atoms with van der Waals surface area (Å²) in [5.41, 5.74) is 0.718. The van der Waals surface area contributed by atoms with Gasteiger partial charge in [-0.25, -0.2) is 9.69 Å². The molecule has 128 valence electrons. The Morgan fingerprint density at radius 3 is 2.40 bits per heavy atom. The zero-order valence-corrected chi connectivity index (χ0v) is 15.0. The highest BCUT2D eigenvalue weighted by atomic mass is 32.2. The molecular formula is C18H15NO4S2. The Balaban J connectivity index is 1.89. The van der Waals surface area contributed by atoms with E-state index < -0.39 is 11.2 Å². The van der Waals surface area contributed by atoms with Crippen molar-refractivity contribution in [1.82, 2.24) is 0 Å². The number of nitrogens with zero attached hydrogens (tertiary/aromatic N) is 1. The second-order valence-corrected chi connectivity index (χ2v) is 7.44. The highest BCUT2D eigenvalue weighted by Gasteiger charge is 2.41. The van der Waals surface area contributed by atoms with Crippen LogP contribution in [-0.4, -0.2) is 34.4 Å². The molecule has 0 aliphatic carbocycles. The van der Waals surface area contributed by atoms with Gasteiger partial charge in [-0.05, 0) is 30.5 Å². The van der Waals surface area contributed by atoms with E-state index in [1.165, 1.54) is 22.7 Å². The van der Waals surface area contributed by atoms with Crippen LogP contribution in [-0.2, 0) is 9.59 Å². The van der Waals surface area contributed by atoms with Crippen LogP contribution in [0.5, 0.6) is 0 Å². The summed E-state index contributed by atoms with van der Waals surface area (Å²) in [6.45, 7) is 0. The predicted molar refractivity (Wildman–Crippen MR) is 98.4 cm³/mol. The largest absolute Gasteiger partial charge is 0.478 e. The summed E-state index contributed by atoms with van der Waals surface area (Å²) in [4.78, 5) is 39.1. The molecule has 0 bridgehead atoms. The van der Waals surface area contributed by atoms with Crippen LogP contribution in [0.4, 0.5) is 5.69 Å². The Bertz CT molecular complexity index is 852. The molecule has 1 aliphatic heterocycles. The van der Waals surface area contributed by atoms with Crippen molar-refractivity contribution < 1.29 is 19.5 Å². The van der Waals surface area contributed by atoms with Crippen molar-refractivity contribution in [3.63, 3.8) is 0 Å². The molecule has 0 radical (unpaired) electrons. The average Bonchev–Trinajstić information content (AvgIpc) is 2.88. The normalized spacial score (nSPS) is 17.2. The molecule has 0 spiro atoms. The van der Waals surface area contributed by atoms with Crippen LogP contribution in [0.3, 0.4) is 0 Å². The van der Waals surface area contributed by atoms with Crippen molar-refractivity contribution in [1.29, 1.82) is 0 Å². The number of hydrogen-bond acceptors (Lipinski definition) is 5. The molecule has 2 amide bonds. The first-order chi connectivity index (χ1) is 12.0. The number of benzene rings is 2. The third-order valence-corrected chi connectivity index (χ3v) is 5.87. The van der Waals surface area contributed by atoms with E-state index >= 15 is 0 Å². The van der Waals surface area contributed by atoms with Crippen molar-refractivity contribution in [2.75, 3.05) is 11.2 Å². The van der Waals surface area contributed by atoms with Gasteiger partial charge in [0.2, 0.25) is 11.8 Å². The molecule has 1 heterocycles. The van der Waals surface area contributed by atoms with Gasteiger partial charge in [0.05, 0.1) is 16.5 Å². The molecule has 1 fully saturated rings. The van der Waals surface area contributed by atoms with E-state index in [2.05, 4.69) is 0 Å². The molecule has 0 aromatic heterocycles. The molecule has 1 aliphatic rings. The lowest BCUT2D eigenvalue weighted by Crippen LogP contribution is -2.31. The molecule has 1 atom stereocenters. The van der Waals surface area contributed by atoms with E-state index in [-0.39, 0.29) is 23.8 Å². The number of anilines is 1. The third kappa shape index (κ3) is 3.43. The minimum absolute atomic E-state index is 0.0557. The van der Waals surface area contributed by atoms with Gasteiger partial charge in [-0.1, -0.05) is 24.3 Å². The number of para-hydroxylation sites is 1. The number of thioether (sulfide) groups is 2. The lowest BCUT2D eigenvalue weighted by atomic mass is 10.2. The van der Waals surface area contributed by atoms with Gasteiger partial charge in [0.25, 0.3) is 0 Å². The summed E-state index contributed by atoms with van der Waals surface area (Å²) >= 11 is 2.60. The summed E-state index contributed by atoms with van der Waals surface area (Å²) in [6.07, 6.45) is 1.94. The van der Waals surface area contributed by atoms with Crippen LogP contribution in [0, 0.1) is 0 Å². The Morgan fingerprint density at radius 1 is 1.08 bits per heavy atom. The number of carboxylic acids is 1. The molecule has 1 N–H and O–H groups in total. The third-order valence-electron chi connectivity index (χ3n) is 3.82. The first-order valence-electron chi connectivity index (χ1n) is 7.51. The summed E-state index contributed by atoms with van der Waals surface area (Å²) < 4.78 is 0. The van der Waals surface area contributed by atoms with Gasteiger partial charge in [-0.15, -0.1) is 23.5 Å². The van der Waals surface area contributed by atoms with Gasteiger partial charge in [-0.3, -0.25) is 9.59 Å². The number of aromatic carboxylic acids is 1. The second-order valence-electron chi connectivity index (χ2n) is 5.35. The second kappa shape index (κ2) is 7.33. The number of carbonyl (C=O) groups is 3. The zero-order chi connectivity index (χ0) is 18.0. The Labute approximate surface area is 153 Å². The monoisotopic (exact) mass is 373 g/mol. The number of imide groups is 1. The SMILES string of the molecule is CSc1ccccc1N1C(=O)C[C@H](Sc2ccccc2C(=O)O)C1=O. The van der Waals surface area contributed by atoms with E-state index in [1.807, 2.05) is 18.4 Å². The molecule has 7 heteroatoms. The maximum absolute atomic E-state index is 12.8. The van der Waals surface area contributed by atoms with Gasteiger partial charge >= 0.3 is 5.97 Å². The smallest absolute Gasteiger partial charge is 0.336 e. The summed E-state index contributed by atoms with van der Waals surface area (Å²) in [6, 6.07) is 13.8. The number of rotatable bonds is 5. The highest BCUT2D eigenvalue weighted by Crippen LogP contribution is 2.38. The fourth-order valence-electron chi connectivity index (χ4n) is 2.66. The van der Waals surface area contributed by atoms with E-state index in [0.717, 1.165) is 16.7 Å². The van der Waals surface area contributed by atoms with Gasteiger partial charge < -0.3 is 5.11 Å². The van der Waals surface area contributed by atoms with Gasteiger partial charge in [0.1, 0.15) is 0 Å². The van der Waals surface area contributed by atoms with Crippen LogP contribution >= 0.6 is 23.5 Å². The number of carboxylic acid groups (broad SMARTS) is 1. The van der Waals surface area contributed by atoms with Gasteiger partial charge in [-0.2, -0.15) is 0 Å². The number of amides is 2.